The van der Waals surface area contributed by atoms with Crippen molar-refractivity contribution in [2.45, 2.75) is 17.9 Å². The van der Waals surface area contributed by atoms with Crippen LogP contribution in [0.1, 0.15) is 21.7 Å². The lowest BCUT2D eigenvalue weighted by Gasteiger charge is -2.16. The van der Waals surface area contributed by atoms with E-state index in [2.05, 4.69) is 20.8 Å². The van der Waals surface area contributed by atoms with Gasteiger partial charge in [0.1, 0.15) is 17.3 Å². The van der Waals surface area contributed by atoms with Crippen molar-refractivity contribution >= 4 is 29.3 Å². The van der Waals surface area contributed by atoms with Gasteiger partial charge in [0.2, 0.25) is 5.91 Å². The van der Waals surface area contributed by atoms with E-state index in [0.29, 0.717) is 22.9 Å². The Bertz CT molecular complexity index is 1540. The van der Waals surface area contributed by atoms with Crippen molar-refractivity contribution in [3.63, 3.8) is 0 Å². The van der Waals surface area contributed by atoms with Gasteiger partial charge < -0.3 is 20.1 Å². The van der Waals surface area contributed by atoms with Gasteiger partial charge in [0, 0.05) is 11.8 Å². The number of nitrogens with one attached hydrogen (secondary N) is 2. The van der Waals surface area contributed by atoms with E-state index in [1.165, 1.54) is 55.2 Å². The summed E-state index contributed by atoms with van der Waals surface area (Å²) in [5.74, 6) is -0.959. The van der Waals surface area contributed by atoms with Crippen molar-refractivity contribution in [3.8, 4) is 17.2 Å². The number of carbonyl (C=O) groups is 2. The molecule has 4 aromatic rings. The summed E-state index contributed by atoms with van der Waals surface area (Å²) in [5, 5.41) is 13.6. The molecule has 214 valence electrons. The minimum Gasteiger partial charge on any atom is -0.497 e. The predicted octanol–water partition coefficient (Wildman–Crippen LogP) is 5.10. The molecule has 0 fully saturated rings. The Hall–Kier alpha value is -4.59. The van der Waals surface area contributed by atoms with Crippen molar-refractivity contribution in [1.29, 1.82) is 0 Å². The number of aromatic nitrogens is 3. The number of halogens is 4. The highest BCUT2D eigenvalue weighted by Gasteiger charge is 2.35. The minimum atomic E-state index is -4.72. The number of hydrogen-bond acceptors (Lipinski definition) is 7. The van der Waals surface area contributed by atoms with Crippen molar-refractivity contribution in [1.82, 2.24) is 20.1 Å². The van der Waals surface area contributed by atoms with Gasteiger partial charge in [0.25, 0.3) is 5.91 Å². The summed E-state index contributed by atoms with van der Waals surface area (Å²) in [6.45, 7) is -0.305. The number of nitrogens with zero attached hydrogens (tertiary/aromatic N) is 3. The first-order valence-electron chi connectivity index (χ1n) is 11.9. The molecule has 1 aromatic heterocycles. The molecule has 1 heterocycles. The number of benzene rings is 3. The Balaban J connectivity index is 1.61. The molecule has 0 aliphatic carbocycles. The van der Waals surface area contributed by atoms with Crippen LogP contribution in [0.15, 0.2) is 71.9 Å². The van der Waals surface area contributed by atoms with Crippen LogP contribution in [0.3, 0.4) is 0 Å². The number of alkyl halides is 3. The molecule has 0 bridgehead atoms. The Kier molecular flexibility index (Phi) is 9.12. The molecule has 9 nitrogen and oxygen atoms in total. The predicted molar refractivity (Wildman–Crippen MR) is 143 cm³/mol. The van der Waals surface area contributed by atoms with E-state index in [4.69, 9.17) is 9.47 Å². The normalized spacial score (nSPS) is 11.2. The van der Waals surface area contributed by atoms with Crippen molar-refractivity contribution in [2.24, 2.45) is 0 Å². The first-order chi connectivity index (χ1) is 19.6. The summed E-state index contributed by atoms with van der Waals surface area (Å²) in [7, 11) is 2.90. The van der Waals surface area contributed by atoms with Crippen LogP contribution >= 0.6 is 11.8 Å². The quantitative estimate of drug-likeness (QED) is 0.196. The van der Waals surface area contributed by atoms with Crippen LogP contribution < -0.4 is 20.1 Å². The molecule has 0 radical (unpaired) electrons. The third-order valence-electron chi connectivity index (χ3n) is 5.67. The lowest BCUT2D eigenvalue weighted by atomic mass is 10.1. The summed E-state index contributed by atoms with van der Waals surface area (Å²) in [5.41, 5.74) is -0.817. The molecule has 0 atom stereocenters. The largest absolute Gasteiger partial charge is 0.497 e. The maximum absolute atomic E-state index is 13.4. The molecule has 14 heteroatoms. The highest BCUT2D eigenvalue weighted by atomic mass is 32.2. The highest BCUT2D eigenvalue weighted by molar-refractivity contribution is 7.99. The molecule has 2 N–H and O–H groups in total. The first kappa shape index (κ1) is 29.4. The fourth-order valence-corrected chi connectivity index (χ4v) is 4.53. The monoisotopic (exact) mass is 589 g/mol. The van der Waals surface area contributed by atoms with E-state index in [0.717, 1.165) is 23.9 Å². The number of carbonyl (C=O) groups excluding carboxylic acids is 2. The SMILES string of the molecule is COc1ccc(OC)c(-n2c(CNC(=O)c3ccccc3C(F)(F)F)nnc2SCC(=O)Nc2ccc(F)cc2)c1. The lowest BCUT2D eigenvalue weighted by Crippen LogP contribution is -2.27. The second-order valence-electron chi connectivity index (χ2n) is 8.34. The third kappa shape index (κ3) is 7.14. The van der Waals surface area contributed by atoms with Gasteiger partial charge >= 0.3 is 6.18 Å². The Labute approximate surface area is 235 Å². The van der Waals surface area contributed by atoms with Crippen molar-refractivity contribution in [2.75, 3.05) is 25.3 Å². The molecule has 3 aromatic carbocycles. The Morgan fingerprint density at radius 1 is 0.976 bits per heavy atom. The molecule has 4 rings (SSSR count). The molecule has 0 saturated carbocycles. The number of hydrogen-bond donors (Lipinski definition) is 2. The Morgan fingerprint density at radius 2 is 1.71 bits per heavy atom. The van der Waals surface area contributed by atoms with Crippen molar-refractivity contribution in [3.05, 3.63) is 89.5 Å². The number of rotatable bonds is 10. The standard InChI is InChI=1S/C27H23F4N5O4S/c1-39-18-11-12-22(40-2)21(13-18)36-23(14-32-25(38)19-5-3-4-6-20(19)27(29,30)31)34-35-26(36)41-15-24(37)33-17-9-7-16(28)8-10-17/h3-13H,14-15H2,1-2H3,(H,32,38)(H,33,37). The summed E-state index contributed by atoms with van der Waals surface area (Å²) in [6.07, 6.45) is -4.72. The van der Waals surface area contributed by atoms with E-state index >= 15 is 0 Å². The lowest BCUT2D eigenvalue weighted by molar-refractivity contribution is -0.138. The summed E-state index contributed by atoms with van der Waals surface area (Å²) >= 11 is 1.01. The zero-order chi connectivity index (χ0) is 29.6. The van der Waals surface area contributed by atoms with E-state index in [9.17, 15) is 27.2 Å². The topological polar surface area (TPSA) is 107 Å². The van der Waals surface area contributed by atoms with Crippen molar-refractivity contribution < 1.29 is 36.6 Å². The third-order valence-corrected chi connectivity index (χ3v) is 6.60. The van der Waals surface area contributed by atoms with Crippen LogP contribution in [0, 0.1) is 5.82 Å². The second-order valence-corrected chi connectivity index (χ2v) is 9.28. The molecular formula is C27H23F4N5O4S. The van der Waals surface area contributed by atoms with Crippen LogP contribution in [-0.4, -0.2) is 46.6 Å². The summed E-state index contributed by atoms with van der Waals surface area (Å²) in [6, 6.07) is 14.6. The average molecular weight is 590 g/mol. The highest BCUT2D eigenvalue weighted by Crippen LogP contribution is 2.33. The van der Waals surface area contributed by atoms with E-state index in [1.807, 2.05) is 0 Å². The maximum atomic E-state index is 13.4. The number of amides is 2. The molecule has 41 heavy (non-hydrogen) atoms. The molecule has 0 aliphatic heterocycles. The number of methoxy groups -OCH3 is 2. The van der Waals surface area contributed by atoms with Gasteiger partial charge in [-0.3, -0.25) is 14.2 Å². The molecular weight excluding hydrogens is 566 g/mol. The van der Waals surface area contributed by atoms with Gasteiger partial charge in [-0.15, -0.1) is 10.2 Å². The molecule has 0 unspecified atom stereocenters. The number of ether oxygens (including phenoxy) is 2. The smallest absolute Gasteiger partial charge is 0.417 e. The fourth-order valence-electron chi connectivity index (χ4n) is 3.77. The average Bonchev–Trinajstić information content (AvgIpc) is 3.37. The van der Waals surface area contributed by atoms with Crippen LogP contribution in [0.25, 0.3) is 5.69 Å². The van der Waals surface area contributed by atoms with Gasteiger partial charge in [-0.05, 0) is 48.5 Å². The van der Waals surface area contributed by atoms with Gasteiger partial charge in [0.15, 0.2) is 11.0 Å². The molecule has 2 amide bonds. The zero-order valence-corrected chi connectivity index (χ0v) is 22.5. The maximum Gasteiger partial charge on any atom is 0.417 e. The van der Waals surface area contributed by atoms with Crippen LogP contribution in [0.2, 0.25) is 0 Å². The molecule has 0 spiro atoms. The van der Waals surface area contributed by atoms with Crippen LogP contribution in [0.5, 0.6) is 11.5 Å². The van der Waals surface area contributed by atoms with Gasteiger partial charge in [0.05, 0.1) is 43.3 Å². The minimum absolute atomic E-state index is 0.118. The molecule has 0 saturated heterocycles. The summed E-state index contributed by atoms with van der Waals surface area (Å²) < 4.78 is 65.8. The zero-order valence-electron chi connectivity index (χ0n) is 21.7. The van der Waals surface area contributed by atoms with Gasteiger partial charge in [-0.2, -0.15) is 13.2 Å². The molecule has 0 aliphatic rings. The van der Waals surface area contributed by atoms with Gasteiger partial charge in [-0.1, -0.05) is 23.9 Å². The van der Waals surface area contributed by atoms with E-state index in [-0.39, 0.29) is 23.3 Å². The first-order valence-corrected chi connectivity index (χ1v) is 12.9. The number of anilines is 1. The fraction of sp³-hybridized carbons (Fsp3) is 0.185. The van der Waals surface area contributed by atoms with E-state index in [1.54, 1.807) is 18.2 Å². The summed E-state index contributed by atoms with van der Waals surface area (Å²) in [4.78, 5) is 25.3. The van der Waals surface area contributed by atoms with Crippen LogP contribution in [-0.2, 0) is 17.5 Å². The van der Waals surface area contributed by atoms with E-state index < -0.39 is 34.9 Å². The number of thioether (sulfide) groups is 1. The second kappa shape index (κ2) is 12.7. The van der Waals surface area contributed by atoms with Crippen LogP contribution in [0.4, 0.5) is 23.2 Å². The van der Waals surface area contributed by atoms with Gasteiger partial charge in [-0.25, -0.2) is 4.39 Å². The Morgan fingerprint density at radius 3 is 2.39 bits per heavy atom.